The van der Waals surface area contributed by atoms with Gasteiger partial charge in [-0.25, -0.2) is 4.98 Å². The maximum atomic E-state index is 12.6. The van der Waals surface area contributed by atoms with E-state index in [-0.39, 0.29) is 11.4 Å². The van der Waals surface area contributed by atoms with Gasteiger partial charge in [0.1, 0.15) is 11.5 Å². The van der Waals surface area contributed by atoms with E-state index in [1.165, 1.54) is 24.7 Å². The molecular weight excluding hydrogens is 297 g/mol. The number of hydrogen-bond acceptors (Lipinski definition) is 5. The molecule has 0 aliphatic carbocycles. The van der Waals surface area contributed by atoms with Crippen molar-refractivity contribution in [3.05, 3.63) is 48.1 Å². The number of anilines is 2. The molecule has 0 aliphatic rings. The molecule has 0 unspecified atom stereocenters. The van der Waals surface area contributed by atoms with Crippen molar-refractivity contribution in [3.8, 4) is 0 Å². The summed E-state index contributed by atoms with van der Waals surface area (Å²) < 4.78 is 39.3. The molecule has 0 saturated heterocycles. The molecule has 22 heavy (non-hydrogen) atoms. The molecule has 0 fully saturated rings. The second-order valence-electron chi connectivity index (χ2n) is 4.54. The SMILES string of the molecule is Cn1cnc(/C(N)=C/NNc2cccc(C(F)(F)F)c2)c1N. The quantitative estimate of drug-likeness (QED) is 0.647. The fourth-order valence-electron chi connectivity index (χ4n) is 1.70. The summed E-state index contributed by atoms with van der Waals surface area (Å²) >= 11 is 0. The van der Waals surface area contributed by atoms with Crippen LogP contribution in [-0.4, -0.2) is 9.55 Å². The highest BCUT2D eigenvalue weighted by Crippen LogP contribution is 2.30. The summed E-state index contributed by atoms with van der Waals surface area (Å²) in [6.07, 6.45) is -1.53. The Balaban J connectivity index is 2.04. The number of alkyl halides is 3. The zero-order valence-electron chi connectivity index (χ0n) is 11.6. The standard InChI is InChI=1S/C13H15F3N6/c1-22-7-19-11(12(22)18)10(17)6-20-21-9-4-2-3-8(5-9)13(14,15)16/h2-7,20-21H,17-18H2,1H3/b10-6-. The molecule has 0 atom stereocenters. The van der Waals surface area contributed by atoms with Crippen LogP contribution in [0.5, 0.6) is 0 Å². The third kappa shape index (κ3) is 3.43. The Kier molecular flexibility index (Phi) is 4.15. The fraction of sp³-hybridized carbons (Fsp3) is 0.154. The fourth-order valence-corrected chi connectivity index (χ4v) is 1.70. The molecule has 2 aromatic rings. The number of nitrogens with one attached hydrogen (secondary N) is 2. The molecule has 1 aromatic carbocycles. The topological polar surface area (TPSA) is 93.9 Å². The second kappa shape index (κ2) is 5.88. The summed E-state index contributed by atoms with van der Waals surface area (Å²) in [7, 11) is 1.72. The van der Waals surface area contributed by atoms with E-state index in [1.807, 2.05) is 0 Å². The molecule has 1 aromatic heterocycles. The molecule has 0 spiro atoms. The number of benzene rings is 1. The van der Waals surface area contributed by atoms with E-state index in [0.717, 1.165) is 12.1 Å². The van der Waals surface area contributed by atoms with Gasteiger partial charge in [-0.15, -0.1) is 0 Å². The van der Waals surface area contributed by atoms with Crippen LogP contribution in [0.4, 0.5) is 24.7 Å². The van der Waals surface area contributed by atoms with Gasteiger partial charge in [-0.3, -0.25) is 0 Å². The van der Waals surface area contributed by atoms with Gasteiger partial charge in [-0.1, -0.05) is 6.07 Å². The molecule has 0 bridgehead atoms. The van der Waals surface area contributed by atoms with Crippen LogP contribution in [0.25, 0.3) is 5.70 Å². The van der Waals surface area contributed by atoms with Gasteiger partial charge in [0.25, 0.3) is 0 Å². The van der Waals surface area contributed by atoms with Crippen molar-refractivity contribution in [3.63, 3.8) is 0 Å². The van der Waals surface area contributed by atoms with Crippen LogP contribution in [0.15, 0.2) is 36.8 Å². The van der Waals surface area contributed by atoms with Gasteiger partial charge >= 0.3 is 6.18 Å². The highest BCUT2D eigenvalue weighted by atomic mass is 19.4. The van der Waals surface area contributed by atoms with Crippen LogP contribution in [0.3, 0.4) is 0 Å². The van der Waals surface area contributed by atoms with Crippen LogP contribution >= 0.6 is 0 Å². The summed E-state index contributed by atoms with van der Waals surface area (Å²) in [5, 5.41) is 0. The van der Waals surface area contributed by atoms with Gasteiger partial charge in [-0.05, 0) is 18.2 Å². The van der Waals surface area contributed by atoms with E-state index < -0.39 is 11.7 Å². The van der Waals surface area contributed by atoms with E-state index in [0.29, 0.717) is 11.5 Å². The number of nitrogen functional groups attached to an aromatic ring is 1. The number of imidazole rings is 1. The number of nitrogens with zero attached hydrogens (tertiary/aromatic N) is 2. The van der Waals surface area contributed by atoms with Gasteiger partial charge in [-0.2, -0.15) is 13.2 Å². The number of hydrazine groups is 1. The van der Waals surface area contributed by atoms with Crippen molar-refractivity contribution in [1.82, 2.24) is 15.0 Å². The number of aromatic nitrogens is 2. The lowest BCUT2D eigenvalue weighted by atomic mass is 10.2. The molecule has 118 valence electrons. The lowest BCUT2D eigenvalue weighted by Gasteiger charge is -2.10. The maximum absolute atomic E-state index is 12.6. The Morgan fingerprint density at radius 2 is 2.09 bits per heavy atom. The van der Waals surface area contributed by atoms with Gasteiger partial charge < -0.3 is 26.9 Å². The normalized spacial score (nSPS) is 12.3. The molecule has 9 heteroatoms. The van der Waals surface area contributed by atoms with Crippen molar-refractivity contribution >= 4 is 17.2 Å². The highest BCUT2D eigenvalue weighted by Gasteiger charge is 2.30. The Morgan fingerprint density at radius 3 is 2.68 bits per heavy atom. The van der Waals surface area contributed by atoms with E-state index >= 15 is 0 Å². The smallest absolute Gasteiger partial charge is 0.396 e. The minimum Gasteiger partial charge on any atom is -0.396 e. The Labute approximate surface area is 124 Å². The Hall–Kier alpha value is -2.84. The van der Waals surface area contributed by atoms with Crippen LogP contribution in [0.2, 0.25) is 0 Å². The summed E-state index contributed by atoms with van der Waals surface area (Å²) in [5.74, 6) is 0.384. The van der Waals surface area contributed by atoms with Crippen molar-refractivity contribution < 1.29 is 13.2 Å². The summed E-state index contributed by atoms with van der Waals surface area (Å²) in [5.41, 5.74) is 16.9. The first-order chi connectivity index (χ1) is 10.3. The van der Waals surface area contributed by atoms with E-state index in [9.17, 15) is 13.2 Å². The zero-order chi connectivity index (χ0) is 16.3. The van der Waals surface area contributed by atoms with Crippen molar-refractivity contribution in [2.24, 2.45) is 12.8 Å². The summed E-state index contributed by atoms with van der Waals surface area (Å²) in [4.78, 5) is 4.02. The Morgan fingerprint density at radius 1 is 1.36 bits per heavy atom. The summed E-state index contributed by atoms with van der Waals surface area (Å²) in [6, 6.07) is 4.76. The number of nitrogens with two attached hydrogens (primary N) is 2. The summed E-state index contributed by atoms with van der Waals surface area (Å²) in [6.45, 7) is 0. The third-order valence-electron chi connectivity index (χ3n) is 2.89. The first-order valence-electron chi connectivity index (χ1n) is 6.20. The predicted molar refractivity (Wildman–Crippen MR) is 78.0 cm³/mol. The van der Waals surface area contributed by atoms with Crippen LogP contribution in [-0.2, 0) is 13.2 Å². The average molecular weight is 312 g/mol. The minimum atomic E-state index is -4.39. The monoisotopic (exact) mass is 312 g/mol. The molecule has 6 nitrogen and oxygen atoms in total. The van der Waals surface area contributed by atoms with Crippen molar-refractivity contribution in [2.75, 3.05) is 11.2 Å². The molecular formula is C13H15F3N6. The molecule has 6 N–H and O–H groups in total. The first kappa shape index (κ1) is 15.5. The average Bonchev–Trinajstić information content (AvgIpc) is 2.78. The largest absolute Gasteiger partial charge is 0.416 e. The molecule has 0 radical (unpaired) electrons. The zero-order valence-corrected chi connectivity index (χ0v) is 11.6. The number of rotatable bonds is 4. The van der Waals surface area contributed by atoms with E-state index in [2.05, 4.69) is 15.8 Å². The maximum Gasteiger partial charge on any atom is 0.416 e. The molecule has 0 amide bonds. The lowest BCUT2D eigenvalue weighted by Crippen LogP contribution is -2.17. The lowest BCUT2D eigenvalue weighted by molar-refractivity contribution is -0.137. The van der Waals surface area contributed by atoms with Gasteiger partial charge in [0, 0.05) is 13.2 Å². The van der Waals surface area contributed by atoms with Gasteiger partial charge in [0.05, 0.1) is 23.3 Å². The van der Waals surface area contributed by atoms with Crippen LogP contribution in [0, 0.1) is 0 Å². The third-order valence-corrected chi connectivity index (χ3v) is 2.89. The van der Waals surface area contributed by atoms with Gasteiger partial charge in [0.2, 0.25) is 0 Å². The van der Waals surface area contributed by atoms with Gasteiger partial charge in [0.15, 0.2) is 0 Å². The Bertz CT molecular complexity index is 689. The molecule has 1 heterocycles. The van der Waals surface area contributed by atoms with E-state index in [4.69, 9.17) is 11.5 Å². The predicted octanol–water partition coefficient (Wildman–Crippen LogP) is 1.89. The second-order valence-corrected chi connectivity index (χ2v) is 4.54. The van der Waals surface area contributed by atoms with Crippen molar-refractivity contribution in [1.29, 1.82) is 0 Å². The number of aryl methyl sites for hydroxylation is 1. The number of halogens is 3. The van der Waals surface area contributed by atoms with Crippen LogP contribution < -0.4 is 22.3 Å². The molecule has 2 rings (SSSR count). The minimum absolute atomic E-state index is 0.243. The number of hydrogen-bond donors (Lipinski definition) is 4. The molecule has 0 aliphatic heterocycles. The molecule has 0 saturated carbocycles. The van der Waals surface area contributed by atoms with E-state index in [1.54, 1.807) is 11.6 Å². The first-order valence-corrected chi connectivity index (χ1v) is 6.20. The van der Waals surface area contributed by atoms with Crippen molar-refractivity contribution in [2.45, 2.75) is 6.18 Å². The van der Waals surface area contributed by atoms with Crippen LogP contribution in [0.1, 0.15) is 11.3 Å². The highest BCUT2D eigenvalue weighted by molar-refractivity contribution is 5.67.